The van der Waals surface area contributed by atoms with E-state index < -0.39 is 14.8 Å². The van der Waals surface area contributed by atoms with Crippen LogP contribution in [0.25, 0.3) is 0 Å². The summed E-state index contributed by atoms with van der Waals surface area (Å²) >= 11 is 8.07. The third-order valence-corrected chi connectivity index (χ3v) is 3.71. The number of ether oxygens (including phenoxy) is 1. The molecule has 0 saturated heterocycles. The number of fused-ring (bicyclic) bond motifs is 1. The maximum atomic E-state index is 12.6. The predicted molar refractivity (Wildman–Crippen MR) is 79.5 cm³/mol. The van der Waals surface area contributed by atoms with E-state index in [1.807, 2.05) is 0 Å². The number of rotatable bonds is 1. The minimum Gasteiger partial charge on any atom is -0.505 e. The topological polar surface area (TPSA) is 132 Å². The number of carbonyl (C=O) groups is 1. The molecule has 1 aromatic carbocycles. The number of phenols is 1. The summed E-state index contributed by atoms with van der Waals surface area (Å²) in [4.78, 5) is 18.2. The number of phenolic OH excluding ortho intramolecular Hbond substituents is 1. The molecule has 0 spiro atoms. The number of hydrogen-bond donors (Lipinski definition) is 1. The summed E-state index contributed by atoms with van der Waals surface area (Å²) in [7, 11) is 0. The predicted octanol–water partition coefficient (Wildman–Crippen LogP) is -0.434. The van der Waals surface area contributed by atoms with Crippen molar-refractivity contribution in [3.05, 3.63) is 46.2 Å². The third-order valence-electron chi connectivity index (χ3n) is 3.13. The summed E-state index contributed by atoms with van der Waals surface area (Å²) in [6.45, 7) is 0.788. The van der Waals surface area contributed by atoms with E-state index in [1.165, 1.54) is 12.1 Å². The highest BCUT2D eigenvalue weighted by Gasteiger charge is 2.25. The molecule has 0 fully saturated rings. The largest absolute Gasteiger partial charge is 0.505 e. The van der Waals surface area contributed by atoms with Crippen LogP contribution in [0.3, 0.4) is 0 Å². The van der Waals surface area contributed by atoms with Crippen molar-refractivity contribution in [1.82, 2.24) is 4.98 Å². The lowest BCUT2D eigenvalue weighted by Crippen LogP contribution is -2.42. The lowest BCUT2D eigenvalue weighted by atomic mass is 10.1. The molecule has 1 aliphatic rings. The highest BCUT2D eigenvalue weighted by atomic mass is 80.0. The normalized spacial score (nSPS) is 12.8. The first-order chi connectivity index (χ1) is 11.8. The van der Waals surface area contributed by atoms with Crippen molar-refractivity contribution in [3.63, 3.8) is 0 Å². The Morgan fingerprint density at radius 1 is 1.28 bits per heavy atom. The van der Waals surface area contributed by atoms with Crippen LogP contribution in [0.1, 0.15) is 10.4 Å². The molecule has 134 valence electrons. The summed E-state index contributed by atoms with van der Waals surface area (Å²) in [6, 6.07) is 4.47. The molecule has 0 aliphatic carbocycles. The summed E-state index contributed by atoms with van der Waals surface area (Å²) in [5, 5.41) is 9.63. The number of hydrogen-bond acceptors (Lipinski definition) is 7. The van der Waals surface area contributed by atoms with Gasteiger partial charge < -0.3 is 27.3 Å². The molecule has 0 atom stereocenters. The summed E-state index contributed by atoms with van der Waals surface area (Å²) in [6.07, 6.45) is 3.16. The third kappa shape index (κ3) is 4.94. The van der Waals surface area contributed by atoms with Crippen LogP contribution in [0.2, 0.25) is 10.0 Å². The van der Waals surface area contributed by atoms with Crippen LogP contribution < -0.4 is 22.2 Å². The van der Waals surface area contributed by atoms with Crippen LogP contribution in [-0.2, 0) is 0 Å². The van der Waals surface area contributed by atoms with Gasteiger partial charge in [0.05, 0.1) is 22.8 Å². The van der Waals surface area contributed by atoms with Gasteiger partial charge in [0, 0.05) is 17.8 Å². The van der Waals surface area contributed by atoms with Gasteiger partial charge in [-0.2, -0.15) is 0 Å². The zero-order valence-corrected chi connectivity index (χ0v) is 15.4. The lowest BCUT2D eigenvalue weighted by molar-refractivity contribution is -1.73. The van der Waals surface area contributed by atoms with Crippen molar-refractivity contribution in [3.8, 4) is 11.5 Å². The fraction of sp³-hybridized carbons (Fsp3) is 0.143. The highest BCUT2D eigenvalue weighted by molar-refractivity contribution is 6.37. The van der Waals surface area contributed by atoms with E-state index in [-0.39, 0.29) is 21.7 Å². The first-order valence-electron chi connectivity index (χ1n) is 6.61. The van der Waals surface area contributed by atoms with Gasteiger partial charge in [0.1, 0.15) is 18.0 Å². The van der Waals surface area contributed by atoms with E-state index in [0.717, 1.165) is 0 Å². The Hall–Kier alpha value is -1.62. The van der Waals surface area contributed by atoms with Gasteiger partial charge in [-0.15, -0.1) is 0 Å². The number of anilines is 1. The van der Waals surface area contributed by atoms with Gasteiger partial charge in [0.2, 0.25) is 14.8 Å². The van der Waals surface area contributed by atoms with Gasteiger partial charge >= 0.3 is 0 Å². The van der Waals surface area contributed by atoms with Crippen molar-refractivity contribution >= 4 is 34.8 Å². The van der Waals surface area contributed by atoms with E-state index in [2.05, 4.69) is 4.98 Å². The smallest absolute Gasteiger partial charge is 0.258 e. The Balaban J connectivity index is 0.000000511. The second-order valence-corrected chi connectivity index (χ2v) is 6.23. The monoisotopic (exact) mass is 451 g/mol. The van der Waals surface area contributed by atoms with Crippen molar-refractivity contribution in [2.75, 3.05) is 18.1 Å². The van der Waals surface area contributed by atoms with E-state index in [4.69, 9.17) is 40.5 Å². The number of amides is 1. The van der Waals surface area contributed by atoms with Crippen molar-refractivity contribution in [2.45, 2.75) is 0 Å². The van der Waals surface area contributed by atoms with Crippen LogP contribution in [0.4, 0.5) is 5.69 Å². The fourth-order valence-corrected chi connectivity index (χ4v) is 2.61. The maximum Gasteiger partial charge on any atom is 0.258 e. The molecular weight excluding hydrogens is 443 g/mol. The Morgan fingerprint density at radius 2 is 1.88 bits per heavy atom. The van der Waals surface area contributed by atoms with Gasteiger partial charge in [0.15, 0.2) is 5.75 Å². The summed E-state index contributed by atoms with van der Waals surface area (Å²) < 4.78 is 31.0. The number of halogens is 3. The van der Waals surface area contributed by atoms with E-state index in [0.29, 0.717) is 30.2 Å². The Kier molecular flexibility index (Phi) is 6.82. The average molecular weight is 453 g/mol. The van der Waals surface area contributed by atoms with Crippen molar-refractivity contribution in [2.24, 2.45) is 0 Å². The zero-order valence-electron chi connectivity index (χ0n) is 12.3. The molecule has 3 rings (SSSR count). The molecule has 1 N–H and O–H groups in total. The Labute approximate surface area is 157 Å². The minimum atomic E-state index is -3.65. The zero-order chi connectivity index (χ0) is 18.6. The van der Waals surface area contributed by atoms with Gasteiger partial charge in [-0.3, -0.25) is 9.78 Å². The lowest BCUT2D eigenvalue weighted by Gasteiger charge is -2.29. The van der Waals surface area contributed by atoms with Crippen molar-refractivity contribution < 1.29 is 42.0 Å². The Morgan fingerprint density at radius 3 is 2.48 bits per heavy atom. The van der Waals surface area contributed by atoms with Gasteiger partial charge in [0.25, 0.3) is 5.91 Å². The second-order valence-electron chi connectivity index (χ2n) is 4.63. The van der Waals surface area contributed by atoms with Crippen LogP contribution in [0.15, 0.2) is 30.6 Å². The number of aromatic nitrogens is 1. The van der Waals surface area contributed by atoms with E-state index >= 15 is 0 Å². The Bertz CT molecular complexity index is 751. The molecular formula is C14H10BrCl2N2O6-. The molecule has 2 heterocycles. The number of carbonyl (C=O) groups excluding carboxylic acids is 1. The van der Waals surface area contributed by atoms with E-state index in [1.54, 1.807) is 23.4 Å². The van der Waals surface area contributed by atoms with Crippen LogP contribution in [-0.4, -0.2) is 29.1 Å². The first kappa shape index (κ1) is 19.7. The molecule has 8 nitrogen and oxygen atoms in total. The average Bonchev–Trinajstić information content (AvgIpc) is 2.57. The number of pyridine rings is 1. The molecule has 11 heteroatoms. The van der Waals surface area contributed by atoms with Gasteiger partial charge in [-0.05, 0) is 12.1 Å². The van der Waals surface area contributed by atoms with Crippen LogP contribution in [0, 0.1) is 14.8 Å². The van der Waals surface area contributed by atoms with Crippen molar-refractivity contribution in [1.29, 1.82) is 0 Å². The van der Waals surface area contributed by atoms with Crippen LogP contribution in [0.5, 0.6) is 11.5 Å². The maximum absolute atomic E-state index is 12.6. The molecule has 1 aliphatic heterocycles. The van der Waals surface area contributed by atoms with Gasteiger partial charge in [-0.1, -0.05) is 23.2 Å². The molecule has 0 bridgehead atoms. The summed E-state index contributed by atoms with van der Waals surface area (Å²) in [5.41, 5.74) is 0.883. The number of benzene rings is 1. The number of nitrogens with zero attached hydrogens (tertiary/aromatic N) is 2. The molecule has 1 amide bonds. The molecule has 25 heavy (non-hydrogen) atoms. The second kappa shape index (κ2) is 8.65. The molecule has 0 unspecified atom stereocenters. The molecule has 0 saturated carbocycles. The summed E-state index contributed by atoms with van der Waals surface area (Å²) in [5.74, 6) is 0.0795. The van der Waals surface area contributed by atoms with Gasteiger partial charge in [-0.25, -0.2) is 0 Å². The molecule has 0 radical (unpaired) electrons. The van der Waals surface area contributed by atoms with E-state index in [9.17, 15) is 9.90 Å². The molecule has 1 aromatic heterocycles. The molecule has 2 aromatic rings. The first-order valence-corrected chi connectivity index (χ1v) is 9.30. The quantitative estimate of drug-likeness (QED) is 0.620. The minimum absolute atomic E-state index is 0.0329. The SMILES string of the molecule is O=C(c1cc(Cl)c(O)c(Cl)c1)N1CCOc2ccncc21.[O-][Br+2]([O-])[O-]. The standard InChI is InChI=1S/C14H10Cl2N2O3.BrO3/c15-9-5-8(6-10(16)13(9)19)14(20)18-3-4-21-12-1-2-17-7-11(12)18;2-1(3)4/h1-2,5-7,19H,3-4H2;/q;-1. The number of aromatic hydroxyl groups is 1. The fourth-order valence-electron chi connectivity index (χ4n) is 2.12. The highest BCUT2D eigenvalue weighted by Crippen LogP contribution is 2.35. The van der Waals surface area contributed by atoms with Crippen LogP contribution >= 0.6 is 23.2 Å².